The van der Waals surface area contributed by atoms with Gasteiger partial charge in [0.15, 0.2) is 11.6 Å². The molecule has 0 aliphatic rings. The van der Waals surface area contributed by atoms with Crippen molar-refractivity contribution >= 4 is 43.6 Å². The van der Waals surface area contributed by atoms with E-state index in [1.165, 1.54) is 16.7 Å². The van der Waals surface area contributed by atoms with Crippen LogP contribution in [0.4, 0.5) is 0 Å². The monoisotopic (exact) mass is 867 g/mol. The lowest BCUT2D eigenvalue weighted by Crippen LogP contribution is -2.07. The van der Waals surface area contributed by atoms with E-state index in [9.17, 15) is 0 Å². The fourth-order valence-electron chi connectivity index (χ4n) is 10.1. The highest BCUT2D eigenvalue weighted by Crippen LogP contribution is 2.52. The molecule has 3 aromatic heterocycles. The molecular formula is C63H41N5. The Morgan fingerprint density at radius 2 is 0.574 bits per heavy atom. The first kappa shape index (κ1) is 39.2. The maximum Gasteiger partial charge on any atom is 0.238 e. The summed E-state index contributed by atoms with van der Waals surface area (Å²) < 4.78 is 4.74. The molecule has 0 aliphatic heterocycles. The minimum atomic E-state index is 0.540. The number of benzene rings is 10. The van der Waals surface area contributed by atoms with Crippen LogP contribution in [0.5, 0.6) is 0 Å². The Kier molecular flexibility index (Phi) is 9.43. The molecule has 10 aromatic carbocycles. The molecule has 13 rings (SSSR count). The number of para-hydroxylation sites is 3. The summed E-state index contributed by atoms with van der Waals surface area (Å²) in [5.41, 5.74) is 16.4. The average molecular weight is 868 g/mol. The lowest BCUT2D eigenvalue weighted by atomic mass is 9.87. The first-order valence-corrected chi connectivity index (χ1v) is 23.0. The Morgan fingerprint density at radius 1 is 0.250 bits per heavy atom. The highest BCUT2D eigenvalue weighted by atomic mass is 15.2. The SMILES string of the molecule is c1ccc(-c2ccc(-c3ccc(-c4nc(-c5ccccc5)nc(-n5c6ccccc6c6c(-c7ccccc7)c(-c7ccccc7)c7c8ccccc8n(-c8ccccc8)c7c65)n4)cc3)cc2)cc1. The van der Waals surface area contributed by atoms with Gasteiger partial charge in [-0.3, -0.25) is 4.57 Å². The summed E-state index contributed by atoms with van der Waals surface area (Å²) in [7, 11) is 0. The molecule has 0 N–H and O–H groups in total. The number of hydrogen-bond donors (Lipinski definition) is 0. The van der Waals surface area contributed by atoms with Crippen LogP contribution in [0.3, 0.4) is 0 Å². The zero-order chi connectivity index (χ0) is 45.0. The molecule has 5 heteroatoms. The summed E-state index contributed by atoms with van der Waals surface area (Å²) in [6.07, 6.45) is 0. The van der Waals surface area contributed by atoms with Crippen molar-refractivity contribution in [1.29, 1.82) is 0 Å². The van der Waals surface area contributed by atoms with Gasteiger partial charge in [0.05, 0.1) is 22.1 Å². The minimum Gasteiger partial charge on any atom is -0.307 e. The molecule has 0 atom stereocenters. The number of rotatable bonds is 8. The van der Waals surface area contributed by atoms with E-state index in [4.69, 9.17) is 15.0 Å². The predicted octanol–water partition coefficient (Wildman–Crippen LogP) is 16.1. The van der Waals surface area contributed by atoms with Crippen molar-refractivity contribution in [3.63, 3.8) is 0 Å². The van der Waals surface area contributed by atoms with Crippen LogP contribution in [0.1, 0.15) is 0 Å². The number of aromatic nitrogens is 5. The lowest BCUT2D eigenvalue weighted by molar-refractivity contribution is 0.953. The first-order chi connectivity index (χ1) is 33.8. The van der Waals surface area contributed by atoms with Crippen LogP contribution in [-0.2, 0) is 0 Å². The Bertz CT molecular complexity index is 3960. The van der Waals surface area contributed by atoms with E-state index in [0.717, 1.165) is 88.2 Å². The van der Waals surface area contributed by atoms with Crippen LogP contribution in [0, 0.1) is 0 Å². The van der Waals surface area contributed by atoms with E-state index in [-0.39, 0.29) is 0 Å². The third kappa shape index (κ3) is 6.51. The zero-order valence-corrected chi connectivity index (χ0v) is 36.9. The largest absolute Gasteiger partial charge is 0.307 e. The molecule has 0 bridgehead atoms. The zero-order valence-electron chi connectivity index (χ0n) is 36.9. The summed E-state index contributed by atoms with van der Waals surface area (Å²) in [5.74, 6) is 1.73. The Balaban J connectivity index is 1.13. The Labute approximate surface area is 393 Å². The van der Waals surface area contributed by atoms with Crippen molar-refractivity contribution in [3.8, 4) is 78.9 Å². The van der Waals surface area contributed by atoms with Crippen LogP contribution < -0.4 is 0 Å². The molecule has 0 fully saturated rings. The van der Waals surface area contributed by atoms with Crippen LogP contribution in [0.25, 0.3) is 123 Å². The summed E-state index contributed by atoms with van der Waals surface area (Å²) >= 11 is 0. The fourth-order valence-corrected chi connectivity index (χ4v) is 10.1. The quantitative estimate of drug-likeness (QED) is 0.153. The molecule has 0 saturated carbocycles. The standard InChI is InChI=1S/C63H41N5/c1-6-20-42(21-7-1)43-34-36-44(37-35-43)45-38-40-49(41-39-45)62-64-61(48-26-12-4-13-27-48)65-63(66-62)68-54-33-19-17-31-52(54)58-56(47-24-10-3-11-25-47)55(46-22-8-2-9-23-46)57-51-30-16-18-32-53(51)67(59(57)60(58)68)50-28-14-5-15-29-50/h1-41H. The lowest BCUT2D eigenvalue weighted by Gasteiger charge is -2.18. The van der Waals surface area contributed by atoms with Crippen molar-refractivity contribution in [2.24, 2.45) is 0 Å². The van der Waals surface area contributed by atoms with Gasteiger partial charge in [-0.25, -0.2) is 4.98 Å². The van der Waals surface area contributed by atoms with Crippen molar-refractivity contribution in [3.05, 3.63) is 249 Å². The van der Waals surface area contributed by atoms with Gasteiger partial charge in [0.25, 0.3) is 0 Å². The van der Waals surface area contributed by atoms with Gasteiger partial charge < -0.3 is 4.57 Å². The summed E-state index contributed by atoms with van der Waals surface area (Å²) in [5, 5.41) is 4.56. The van der Waals surface area contributed by atoms with E-state index in [1.807, 2.05) is 18.2 Å². The van der Waals surface area contributed by atoms with Crippen molar-refractivity contribution < 1.29 is 0 Å². The van der Waals surface area contributed by atoms with E-state index in [1.54, 1.807) is 0 Å². The number of fused-ring (bicyclic) bond motifs is 7. The van der Waals surface area contributed by atoms with E-state index in [0.29, 0.717) is 17.6 Å². The second-order valence-corrected chi connectivity index (χ2v) is 17.1. The summed E-state index contributed by atoms with van der Waals surface area (Å²) in [4.78, 5) is 16.2. The fraction of sp³-hybridized carbons (Fsp3) is 0. The summed E-state index contributed by atoms with van der Waals surface area (Å²) in [6, 6.07) is 88.1. The highest BCUT2D eigenvalue weighted by molar-refractivity contribution is 6.33. The van der Waals surface area contributed by atoms with E-state index < -0.39 is 0 Å². The molecule has 318 valence electrons. The van der Waals surface area contributed by atoms with E-state index in [2.05, 4.69) is 240 Å². The molecule has 0 radical (unpaired) electrons. The van der Waals surface area contributed by atoms with Crippen molar-refractivity contribution in [2.45, 2.75) is 0 Å². The van der Waals surface area contributed by atoms with Crippen LogP contribution in [-0.4, -0.2) is 24.1 Å². The molecule has 3 heterocycles. The normalized spacial score (nSPS) is 11.5. The number of nitrogens with zero attached hydrogens (tertiary/aromatic N) is 5. The van der Waals surface area contributed by atoms with Gasteiger partial charge in [0.2, 0.25) is 5.95 Å². The molecular weight excluding hydrogens is 827 g/mol. The maximum absolute atomic E-state index is 5.50. The highest BCUT2D eigenvalue weighted by Gasteiger charge is 2.30. The molecule has 0 saturated heterocycles. The second-order valence-electron chi connectivity index (χ2n) is 17.1. The number of hydrogen-bond acceptors (Lipinski definition) is 3. The molecule has 0 amide bonds. The smallest absolute Gasteiger partial charge is 0.238 e. The molecule has 13 aromatic rings. The van der Waals surface area contributed by atoms with Crippen LogP contribution in [0.15, 0.2) is 249 Å². The van der Waals surface area contributed by atoms with Gasteiger partial charge in [-0.2, -0.15) is 9.97 Å². The summed E-state index contributed by atoms with van der Waals surface area (Å²) in [6.45, 7) is 0. The maximum atomic E-state index is 5.50. The van der Waals surface area contributed by atoms with Gasteiger partial charge >= 0.3 is 0 Å². The average Bonchev–Trinajstić information content (AvgIpc) is 3.95. The van der Waals surface area contributed by atoms with E-state index >= 15 is 0 Å². The molecule has 0 unspecified atom stereocenters. The third-order valence-corrected chi connectivity index (χ3v) is 13.2. The van der Waals surface area contributed by atoms with Gasteiger partial charge in [-0.15, -0.1) is 0 Å². The Hall–Kier alpha value is -9.19. The third-order valence-electron chi connectivity index (χ3n) is 13.2. The topological polar surface area (TPSA) is 48.5 Å². The van der Waals surface area contributed by atoms with Gasteiger partial charge in [0, 0.05) is 49.5 Å². The molecule has 5 nitrogen and oxygen atoms in total. The van der Waals surface area contributed by atoms with Gasteiger partial charge in [-0.05, 0) is 57.6 Å². The first-order valence-electron chi connectivity index (χ1n) is 23.0. The van der Waals surface area contributed by atoms with Gasteiger partial charge in [0.1, 0.15) is 0 Å². The second kappa shape index (κ2) is 16.4. The van der Waals surface area contributed by atoms with Gasteiger partial charge in [-0.1, -0.05) is 224 Å². The van der Waals surface area contributed by atoms with Crippen LogP contribution >= 0.6 is 0 Å². The molecule has 0 aliphatic carbocycles. The predicted molar refractivity (Wildman–Crippen MR) is 281 cm³/mol. The Morgan fingerprint density at radius 3 is 1.04 bits per heavy atom. The molecule has 0 spiro atoms. The van der Waals surface area contributed by atoms with Crippen molar-refractivity contribution in [2.75, 3.05) is 0 Å². The minimum absolute atomic E-state index is 0.540. The van der Waals surface area contributed by atoms with Crippen molar-refractivity contribution in [1.82, 2.24) is 24.1 Å². The van der Waals surface area contributed by atoms with Crippen LogP contribution in [0.2, 0.25) is 0 Å². The molecule has 68 heavy (non-hydrogen) atoms.